The summed E-state index contributed by atoms with van der Waals surface area (Å²) >= 11 is 0. The summed E-state index contributed by atoms with van der Waals surface area (Å²) in [5.41, 5.74) is -0.0687. The summed E-state index contributed by atoms with van der Waals surface area (Å²) in [5, 5.41) is 4.58. The summed E-state index contributed by atoms with van der Waals surface area (Å²) in [6, 6.07) is 9.82. The number of esters is 1. The van der Waals surface area contributed by atoms with Gasteiger partial charge in [0.1, 0.15) is 25.6 Å². The third-order valence-electron chi connectivity index (χ3n) is 5.18. The number of methoxy groups -OCH3 is 1. The van der Waals surface area contributed by atoms with E-state index in [0.29, 0.717) is 22.5 Å². The van der Waals surface area contributed by atoms with E-state index in [1.165, 1.54) is 13.2 Å². The van der Waals surface area contributed by atoms with Gasteiger partial charge in [-0.05, 0) is 30.3 Å². The SMILES string of the molecule is COC(=O)Cn1ccc2c(-c3noc(-c4ccc(OC(CF)CF)c(C(F)(F)F)c4)n3)cccc21. The zero-order valence-electron chi connectivity index (χ0n) is 18.2. The first kappa shape index (κ1) is 24.2. The van der Waals surface area contributed by atoms with Gasteiger partial charge < -0.3 is 18.6 Å². The predicted molar refractivity (Wildman–Crippen MR) is 114 cm³/mol. The molecule has 0 N–H and O–H groups in total. The van der Waals surface area contributed by atoms with E-state index in [-0.39, 0.29) is 23.8 Å². The van der Waals surface area contributed by atoms with Crippen molar-refractivity contribution in [2.75, 3.05) is 20.5 Å². The topological polar surface area (TPSA) is 79.4 Å². The Balaban J connectivity index is 1.70. The van der Waals surface area contributed by atoms with Gasteiger partial charge in [0, 0.05) is 28.2 Å². The monoisotopic (exact) mass is 495 g/mol. The second kappa shape index (κ2) is 9.72. The molecule has 0 saturated carbocycles. The van der Waals surface area contributed by atoms with Crippen molar-refractivity contribution in [1.29, 1.82) is 0 Å². The molecular weight excluding hydrogens is 477 g/mol. The van der Waals surface area contributed by atoms with Crippen molar-refractivity contribution in [2.45, 2.75) is 18.8 Å². The lowest BCUT2D eigenvalue weighted by molar-refractivity contribution is -0.141. The Morgan fingerprint density at radius 1 is 1.14 bits per heavy atom. The standard InChI is InChI=1S/C23H18F5N3O4/c1-33-20(32)12-31-8-7-15-16(3-2-4-18(15)31)21-29-22(35-30-21)13-5-6-19(34-14(10-24)11-25)17(9-13)23(26,27)28/h2-9,14H,10-12H2,1H3. The van der Waals surface area contributed by atoms with E-state index in [2.05, 4.69) is 14.9 Å². The zero-order valence-corrected chi connectivity index (χ0v) is 18.2. The molecule has 12 heteroatoms. The van der Waals surface area contributed by atoms with Gasteiger partial charge >= 0.3 is 12.1 Å². The van der Waals surface area contributed by atoms with Crippen molar-refractivity contribution in [3.63, 3.8) is 0 Å². The van der Waals surface area contributed by atoms with E-state index in [1.807, 2.05) is 0 Å². The number of carbonyl (C=O) groups is 1. The number of halogens is 5. The number of carbonyl (C=O) groups excluding carboxylic acids is 1. The Morgan fingerprint density at radius 3 is 2.60 bits per heavy atom. The number of hydrogen-bond acceptors (Lipinski definition) is 6. The Morgan fingerprint density at radius 2 is 1.91 bits per heavy atom. The molecule has 0 saturated heterocycles. The number of benzene rings is 2. The maximum atomic E-state index is 13.6. The highest BCUT2D eigenvalue weighted by atomic mass is 19.4. The first-order valence-electron chi connectivity index (χ1n) is 10.2. The molecule has 0 bridgehead atoms. The number of ether oxygens (including phenoxy) is 2. The van der Waals surface area contributed by atoms with Crippen molar-refractivity contribution in [1.82, 2.24) is 14.7 Å². The lowest BCUT2D eigenvalue weighted by Gasteiger charge is -2.18. The Bertz CT molecular complexity index is 1340. The fraction of sp³-hybridized carbons (Fsp3) is 0.261. The van der Waals surface area contributed by atoms with Crippen LogP contribution in [0.2, 0.25) is 0 Å². The van der Waals surface area contributed by atoms with E-state index in [4.69, 9.17) is 9.26 Å². The average Bonchev–Trinajstić information content (AvgIpc) is 3.49. The molecule has 0 aliphatic heterocycles. The average molecular weight is 495 g/mol. The zero-order chi connectivity index (χ0) is 25.2. The Kier molecular flexibility index (Phi) is 6.72. The normalized spacial score (nSPS) is 11.9. The minimum atomic E-state index is -4.86. The molecule has 184 valence electrons. The lowest BCUT2D eigenvalue weighted by atomic mass is 10.1. The number of alkyl halides is 5. The number of nitrogens with zero attached hydrogens (tertiary/aromatic N) is 3. The van der Waals surface area contributed by atoms with Crippen LogP contribution in [0.3, 0.4) is 0 Å². The van der Waals surface area contributed by atoms with Gasteiger partial charge in [0.15, 0.2) is 6.10 Å². The fourth-order valence-electron chi connectivity index (χ4n) is 3.48. The molecule has 35 heavy (non-hydrogen) atoms. The van der Waals surface area contributed by atoms with Crippen LogP contribution >= 0.6 is 0 Å². The quantitative estimate of drug-likeness (QED) is 0.246. The van der Waals surface area contributed by atoms with Crippen molar-refractivity contribution in [3.05, 3.63) is 54.2 Å². The molecule has 2 heterocycles. The van der Waals surface area contributed by atoms with Crippen LogP contribution in [0, 0.1) is 0 Å². The third kappa shape index (κ3) is 4.96. The Hall–Kier alpha value is -3.96. The molecule has 0 unspecified atom stereocenters. The van der Waals surface area contributed by atoms with Gasteiger partial charge in [-0.3, -0.25) is 4.79 Å². The smallest absolute Gasteiger partial charge is 0.419 e. The summed E-state index contributed by atoms with van der Waals surface area (Å²) in [7, 11) is 1.28. The van der Waals surface area contributed by atoms with Crippen molar-refractivity contribution in [2.24, 2.45) is 0 Å². The largest absolute Gasteiger partial charge is 0.484 e. The van der Waals surface area contributed by atoms with Crippen LogP contribution in [0.25, 0.3) is 33.7 Å². The van der Waals surface area contributed by atoms with E-state index in [9.17, 15) is 26.7 Å². The van der Waals surface area contributed by atoms with Crippen molar-refractivity contribution < 1.29 is 40.7 Å². The fourth-order valence-corrected chi connectivity index (χ4v) is 3.48. The van der Waals surface area contributed by atoms with E-state index in [0.717, 1.165) is 6.07 Å². The summed E-state index contributed by atoms with van der Waals surface area (Å²) in [4.78, 5) is 15.9. The highest BCUT2D eigenvalue weighted by molar-refractivity contribution is 5.94. The second-order valence-electron chi connectivity index (χ2n) is 7.44. The molecule has 0 amide bonds. The summed E-state index contributed by atoms with van der Waals surface area (Å²) < 4.78 is 82.7. The molecule has 4 aromatic rings. The van der Waals surface area contributed by atoms with Crippen molar-refractivity contribution >= 4 is 16.9 Å². The van der Waals surface area contributed by atoms with Crippen LogP contribution in [0.5, 0.6) is 5.75 Å². The van der Waals surface area contributed by atoms with Crippen LogP contribution in [0.1, 0.15) is 5.56 Å². The molecule has 2 aromatic carbocycles. The number of rotatable bonds is 8. The molecule has 0 spiro atoms. The number of hydrogen-bond donors (Lipinski definition) is 0. The lowest BCUT2D eigenvalue weighted by Crippen LogP contribution is -2.23. The van der Waals surface area contributed by atoms with Gasteiger partial charge in [0.2, 0.25) is 5.82 Å². The first-order chi connectivity index (χ1) is 16.7. The second-order valence-corrected chi connectivity index (χ2v) is 7.44. The van der Waals surface area contributed by atoms with Gasteiger partial charge in [-0.15, -0.1) is 0 Å². The van der Waals surface area contributed by atoms with Crippen LogP contribution < -0.4 is 4.74 Å². The van der Waals surface area contributed by atoms with Crippen molar-refractivity contribution in [3.8, 4) is 28.6 Å². The first-order valence-corrected chi connectivity index (χ1v) is 10.2. The minimum Gasteiger partial charge on any atom is -0.484 e. The minimum absolute atomic E-state index is 0.0126. The number of aromatic nitrogens is 3. The Labute approximate surface area is 195 Å². The summed E-state index contributed by atoms with van der Waals surface area (Å²) in [6.07, 6.45) is -4.83. The molecule has 0 aliphatic rings. The van der Waals surface area contributed by atoms with Crippen LogP contribution in [0.15, 0.2) is 53.2 Å². The molecule has 0 radical (unpaired) electrons. The number of fused-ring (bicyclic) bond motifs is 1. The van der Waals surface area contributed by atoms with Gasteiger partial charge in [-0.2, -0.15) is 18.2 Å². The van der Waals surface area contributed by atoms with E-state index < -0.39 is 42.9 Å². The maximum Gasteiger partial charge on any atom is 0.419 e. The highest BCUT2D eigenvalue weighted by Gasteiger charge is 2.36. The molecule has 7 nitrogen and oxygen atoms in total. The van der Waals surface area contributed by atoms with Crippen LogP contribution in [-0.4, -0.2) is 47.2 Å². The van der Waals surface area contributed by atoms with Crippen LogP contribution in [0.4, 0.5) is 22.0 Å². The molecule has 0 fully saturated rings. The summed E-state index contributed by atoms with van der Waals surface area (Å²) in [5.74, 6) is -1.23. The molecule has 2 aromatic heterocycles. The van der Waals surface area contributed by atoms with Gasteiger partial charge in [-0.1, -0.05) is 17.3 Å². The molecule has 4 rings (SSSR count). The van der Waals surface area contributed by atoms with E-state index >= 15 is 0 Å². The molecule has 0 aliphatic carbocycles. The van der Waals surface area contributed by atoms with Gasteiger partial charge in [0.05, 0.1) is 12.7 Å². The highest BCUT2D eigenvalue weighted by Crippen LogP contribution is 2.39. The maximum absolute atomic E-state index is 13.6. The third-order valence-corrected chi connectivity index (χ3v) is 5.18. The van der Waals surface area contributed by atoms with Gasteiger partial charge in [0.25, 0.3) is 5.89 Å². The van der Waals surface area contributed by atoms with Crippen LogP contribution in [-0.2, 0) is 22.3 Å². The summed E-state index contributed by atoms with van der Waals surface area (Å²) in [6.45, 7) is -2.58. The molecule has 0 atom stereocenters. The van der Waals surface area contributed by atoms with Gasteiger partial charge in [-0.25, -0.2) is 8.78 Å². The predicted octanol–water partition coefficient (Wildman–Crippen LogP) is 5.24. The molecular formula is C23H18F5N3O4. The van der Waals surface area contributed by atoms with E-state index in [1.54, 1.807) is 35.0 Å².